The van der Waals surface area contributed by atoms with Crippen LogP contribution in [0.2, 0.25) is 10.0 Å². The molecule has 122 valence electrons. The number of hydrogen-bond acceptors (Lipinski definition) is 4. The second-order valence-corrected chi connectivity index (χ2v) is 6.73. The minimum Gasteiger partial charge on any atom is -0.497 e. The number of amides is 1. The van der Waals surface area contributed by atoms with Crippen LogP contribution in [0, 0.1) is 0 Å². The van der Waals surface area contributed by atoms with Gasteiger partial charge in [0, 0.05) is 15.1 Å². The monoisotopic (exact) mass is 378 g/mol. The molecule has 3 aromatic rings. The number of carbonyl (C=O) groups excluding carboxylic acids is 1. The lowest BCUT2D eigenvalue weighted by Crippen LogP contribution is -2.16. The first-order chi connectivity index (χ1) is 11.6. The van der Waals surface area contributed by atoms with E-state index in [2.05, 4.69) is 10.5 Å². The van der Waals surface area contributed by atoms with Gasteiger partial charge in [-0.3, -0.25) is 4.79 Å². The zero-order valence-corrected chi connectivity index (χ0v) is 14.9. The predicted molar refractivity (Wildman–Crippen MR) is 99.9 cm³/mol. The number of nitrogens with one attached hydrogen (secondary N) is 1. The second-order valence-electron chi connectivity index (χ2n) is 4.86. The van der Waals surface area contributed by atoms with Gasteiger partial charge in [0.2, 0.25) is 0 Å². The predicted octanol–water partition coefficient (Wildman–Crippen LogP) is 4.98. The maximum atomic E-state index is 12.3. The maximum Gasteiger partial charge on any atom is 0.283 e. The molecule has 0 saturated carbocycles. The van der Waals surface area contributed by atoms with Gasteiger partial charge < -0.3 is 4.74 Å². The summed E-state index contributed by atoms with van der Waals surface area (Å²) in [6.07, 6.45) is 1.52. The molecule has 0 bridgehead atoms. The molecule has 1 heterocycles. The number of thiophene rings is 1. The van der Waals surface area contributed by atoms with Crippen molar-refractivity contribution in [1.29, 1.82) is 0 Å². The molecule has 0 radical (unpaired) electrons. The van der Waals surface area contributed by atoms with E-state index in [4.69, 9.17) is 27.9 Å². The normalized spacial score (nSPS) is 11.1. The van der Waals surface area contributed by atoms with Crippen LogP contribution in [0.1, 0.15) is 15.2 Å². The van der Waals surface area contributed by atoms with Gasteiger partial charge in [-0.05, 0) is 35.9 Å². The number of halogens is 2. The summed E-state index contributed by atoms with van der Waals surface area (Å²) in [6.45, 7) is 0. The third-order valence-electron chi connectivity index (χ3n) is 3.27. The van der Waals surface area contributed by atoms with Gasteiger partial charge in [-0.1, -0.05) is 35.3 Å². The molecule has 3 rings (SSSR count). The number of benzene rings is 2. The van der Waals surface area contributed by atoms with E-state index in [0.717, 1.165) is 15.6 Å². The summed E-state index contributed by atoms with van der Waals surface area (Å²) >= 11 is 13.5. The number of rotatable bonds is 4. The van der Waals surface area contributed by atoms with Crippen LogP contribution in [0.4, 0.5) is 0 Å². The Hall–Kier alpha value is -2.08. The Morgan fingerprint density at radius 1 is 1.25 bits per heavy atom. The van der Waals surface area contributed by atoms with Crippen LogP contribution in [0.3, 0.4) is 0 Å². The average molecular weight is 379 g/mol. The SMILES string of the molecule is COc1ccc2c(Cl)c(C(=O)NN=Cc3cccc(Cl)c3)sc2c1. The lowest BCUT2D eigenvalue weighted by atomic mass is 10.2. The minimum absolute atomic E-state index is 0.363. The second kappa shape index (κ2) is 7.21. The van der Waals surface area contributed by atoms with Gasteiger partial charge in [-0.2, -0.15) is 5.10 Å². The molecule has 24 heavy (non-hydrogen) atoms. The number of ether oxygens (including phenoxy) is 1. The fourth-order valence-electron chi connectivity index (χ4n) is 2.12. The number of carbonyl (C=O) groups is 1. The zero-order chi connectivity index (χ0) is 17.1. The zero-order valence-electron chi connectivity index (χ0n) is 12.5. The molecule has 0 aliphatic heterocycles. The van der Waals surface area contributed by atoms with E-state index in [1.165, 1.54) is 17.6 Å². The van der Waals surface area contributed by atoms with Gasteiger partial charge in [0.1, 0.15) is 10.6 Å². The average Bonchev–Trinajstić information content (AvgIpc) is 2.91. The quantitative estimate of drug-likeness (QED) is 0.513. The molecule has 0 spiro atoms. The van der Waals surface area contributed by atoms with Crippen molar-refractivity contribution in [1.82, 2.24) is 5.43 Å². The van der Waals surface area contributed by atoms with Crippen molar-refractivity contribution in [3.63, 3.8) is 0 Å². The molecule has 0 unspecified atom stereocenters. The van der Waals surface area contributed by atoms with E-state index < -0.39 is 0 Å². The Morgan fingerprint density at radius 2 is 2.08 bits per heavy atom. The minimum atomic E-state index is -0.363. The molecule has 1 aromatic heterocycles. The number of hydrogen-bond donors (Lipinski definition) is 1. The van der Waals surface area contributed by atoms with Gasteiger partial charge in [0.25, 0.3) is 5.91 Å². The number of fused-ring (bicyclic) bond motifs is 1. The number of hydrazone groups is 1. The van der Waals surface area contributed by atoms with E-state index >= 15 is 0 Å². The van der Waals surface area contributed by atoms with Gasteiger partial charge in [-0.15, -0.1) is 11.3 Å². The van der Waals surface area contributed by atoms with Crippen molar-refractivity contribution in [2.24, 2.45) is 5.10 Å². The standard InChI is InChI=1S/C17H12Cl2N2O2S/c1-23-12-5-6-13-14(8-12)24-16(15(13)19)17(22)21-20-9-10-3-2-4-11(18)7-10/h2-9H,1H3,(H,21,22). The maximum absolute atomic E-state index is 12.3. The van der Waals surface area contributed by atoms with Gasteiger partial charge >= 0.3 is 0 Å². The van der Waals surface area contributed by atoms with Crippen molar-refractivity contribution in [2.75, 3.05) is 7.11 Å². The molecule has 0 fully saturated rings. The van der Waals surface area contributed by atoms with Crippen LogP contribution in [0.5, 0.6) is 5.75 Å². The van der Waals surface area contributed by atoms with Crippen LogP contribution >= 0.6 is 34.5 Å². The summed E-state index contributed by atoms with van der Waals surface area (Å²) in [5.41, 5.74) is 3.27. The molecule has 2 aromatic carbocycles. The van der Waals surface area contributed by atoms with Gasteiger partial charge in [-0.25, -0.2) is 5.43 Å². The van der Waals surface area contributed by atoms with E-state index in [-0.39, 0.29) is 5.91 Å². The highest BCUT2D eigenvalue weighted by molar-refractivity contribution is 7.21. The third-order valence-corrected chi connectivity index (χ3v) is 5.16. The van der Waals surface area contributed by atoms with E-state index in [0.29, 0.717) is 20.7 Å². The van der Waals surface area contributed by atoms with E-state index in [1.807, 2.05) is 24.3 Å². The van der Waals surface area contributed by atoms with Crippen molar-refractivity contribution in [3.05, 3.63) is 63.0 Å². The van der Waals surface area contributed by atoms with Crippen LogP contribution in [-0.2, 0) is 0 Å². The summed E-state index contributed by atoms with van der Waals surface area (Å²) in [7, 11) is 1.59. The first-order valence-corrected chi connectivity index (χ1v) is 8.51. The number of nitrogens with zero attached hydrogens (tertiary/aromatic N) is 1. The number of methoxy groups -OCH3 is 1. The lowest BCUT2D eigenvalue weighted by Gasteiger charge is -1.98. The Labute approximate surface area is 152 Å². The fourth-order valence-corrected chi connectivity index (χ4v) is 3.76. The van der Waals surface area contributed by atoms with Crippen molar-refractivity contribution < 1.29 is 9.53 Å². The summed E-state index contributed by atoms with van der Waals surface area (Å²) in [5.74, 6) is 0.352. The van der Waals surface area contributed by atoms with E-state index in [9.17, 15) is 4.79 Å². The fraction of sp³-hybridized carbons (Fsp3) is 0.0588. The summed E-state index contributed by atoms with van der Waals surface area (Å²) < 4.78 is 6.06. The lowest BCUT2D eigenvalue weighted by molar-refractivity contribution is 0.0959. The largest absolute Gasteiger partial charge is 0.497 e. The van der Waals surface area contributed by atoms with Crippen molar-refractivity contribution in [3.8, 4) is 5.75 Å². The van der Waals surface area contributed by atoms with Crippen LogP contribution < -0.4 is 10.2 Å². The highest BCUT2D eigenvalue weighted by atomic mass is 35.5. The Kier molecular flexibility index (Phi) is 5.04. The summed E-state index contributed by atoms with van der Waals surface area (Å²) in [5, 5.41) is 5.77. The first-order valence-electron chi connectivity index (χ1n) is 6.93. The molecule has 4 nitrogen and oxygen atoms in total. The molecule has 7 heteroatoms. The first kappa shape index (κ1) is 16.8. The molecule has 0 aliphatic rings. The van der Waals surface area contributed by atoms with Crippen LogP contribution in [0.15, 0.2) is 47.6 Å². The third kappa shape index (κ3) is 3.53. The van der Waals surface area contributed by atoms with Crippen molar-refractivity contribution >= 4 is 56.7 Å². The van der Waals surface area contributed by atoms with Crippen LogP contribution in [-0.4, -0.2) is 19.2 Å². The molecule has 0 aliphatic carbocycles. The van der Waals surface area contributed by atoms with Gasteiger partial charge in [0.05, 0.1) is 18.3 Å². The molecular formula is C17H12Cl2N2O2S. The Morgan fingerprint density at radius 3 is 2.83 bits per heavy atom. The van der Waals surface area contributed by atoms with Gasteiger partial charge in [0.15, 0.2) is 0 Å². The Balaban J connectivity index is 1.80. The topological polar surface area (TPSA) is 50.7 Å². The molecule has 1 amide bonds. The summed E-state index contributed by atoms with van der Waals surface area (Å²) in [6, 6.07) is 12.6. The Bertz CT molecular complexity index is 937. The smallest absolute Gasteiger partial charge is 0.283 e. The van der Waals surface area contributed by atoms with E-state index in [1.54, 1.807) is 25.3 Å². The molecule has 0 atom stereocenters. The highest BCUT2D eigenvalue weighted by Crippen LogP contribution is 2.37. The highest BCUT2D eigenvalue weighted by Gasteiger charge is 2.17. The molecule has 0 saturated heterocycles. The van der Waals surface area contributed by atoms with Crippen molar-refractivity contribution in [2.45, 2.75) is 0 Å². The molecule has 1 N–H and O–H groups in total. The summed E-state index contributed by atoms with van der Waals surface area (Å²) in [4.78, 5) is 12.7. The van der Waals surface area contributed by atoms with Crippen LogP contribution in [0.25, 0.3) is 10.1 Å². The molecular weight excluding hydrogens is 367 g/mol.